The predicted octanol–water partition coefficient (Wildman–Crippen LogP) is 2.71. The van der Waals surface area contributed by atoms with Crippen LogP contribution in [0.25, 0.3) is 0 Å². The van der Waals surface area contributed by atoms with Crippen molar-refractivity contribution in [3.63, 3.8) is 0 Å². The first-order valence-corrected chi connectivity index (χ1v) is 7.27. The lowest BCUT2D eigenvalue weighted by molar-refractivity contribution is -0.143. The number of halogens is 2. The maximum absolute atomic E-state index is 12.7. The van der Waals surface area contributed by atoms with Crippen molar-refractivity contribution in [1.29, 1.82) is 0 Å². The topological polar surface area (TPSA) is 46.3 Å². The van der Waals surface area contributed by atoms with E-state index in [4.69, 9.17) is 28.9 Å². The van der Waals surface area contributed by atoms with Gasteiger partial charge < -0.3 is 10.6 Å². The number of fused-ring (bicyclic) bond motifs is 2. The molecule has 2 aliphatic rings. The molecule has 5 heteroatoms. The Morgan fingerprint density at radius 3 is 2.58 bits per heavy atom. The molecule has 1 fully saturated rings. The minimum Gasteiger partial charge on any atom is -0.338 e. The van der Waals surface area contributed by atoms with Crippen LogP contribution in [-0.2, 0) is 16.8 Å². The van der Waals surface area contributed by atoms with Crippen LogP contribution in [0.15, 0.2) is 12.1 Å². The third kappa shape index (κ3) is 1.79. The Morgan fingerprint density at radius 1 is 1.37 bits per heavy atom. The Labute approximate surface area is 122 Å². The van der Waals surface area contributed by atoms with Crippen LogP contribution in [0.4, 0.5) is 0 Å². The summed E-state index contributed by atoms with van der Waals surface area (Å²) in [7, 11) is 0. The molecule has 0 atom stereocenters. The quantitative estimate of drug-likeness (QED) is 0.866. The summed E-state index contributed by atoms with van der Waals surface area (Å²) >= 11 is 12.2. The normalized spacial score (nSPS) is 29.4. The number of hydrogen-bond donors (Lipinski definition) is 1. The first kappa shape index (κ1) is 13.2. The van der Waals surface area contributed by atoms with Gasteiger partial charge in [0.1, 0.15) is 0 Å². The molecule has 1 saturated carbocycles. The Morgan fingerprint density at radius 2 is 2.00 bits per heavy atom. The summed E-state index contributed by atoms with van der Waals surface area (Å²) in [5, 5.41) is 1.06. The minimum atomic E-state index is -0.461. The fourth-order valence-electron chi connectivity index (χ4n) is 3.34. The molecule has 3 rings (SSSR count). The molecule has 3 nitrogen and oxygen atoms in total. The standard InChI is InChI=1S/C14H16Cl2N2O/c1-2-18-7-8-3-11(15)12(16)4-10(8)14(13(18)19)5-9(17)6-14/h3-4,9H,2,5-7,17H2,1H3. The molecule has 1 aromatic carbocycles. The molecule has 1 aliphatic carbocycles. The van der Waals surface area contributed by atoms with Gasteiger partial charge in [-0.1, -0.05) is 23.2 Å². The fourth-order valence-corrected chi connectivity index (χ4v) is 3.69. The van der Waals surface area contributed by atoms with Crippen molar-refractivity contribution >= 4 is 29.1 Å². The van der Waals surface area contributed by atoms with Crippen LogP contribution in [-0.4, -0.2) is 23.4 Å². The summed E-state index contributed by atoms with van der Waals surface area (Å²) in [6, 6.07) is 3.85. The molecule has 0 radical (unpaired) electrons. The molecule has 102 valence electrons. The fraction of sp³-hybridized carbons (Fsp3) is 0.500. The van der Waals surface area contributed by atoms with Crippen molar-refractivity contribution in [1.82, 2.24) is 4.90 Å². The number of rotatable bonds is 1. The molecule has 0 aromatic heterocycles. The SMILES string of the molecule is CCN1Cc2cc(Cl)c(Cl)cc2C2(CC(N)C2)C1=O. The van der Waals surface area contributed by atoms with Crippen LogP contribution >= 0.6 is 23.2 Å². The zero-order valence-corrected chi connectivity index (χ0v) is 12.3. The molecule has 2 N–H and O–H groups in total. The van der Waals surface area contributed by atoms with Gasteiger partial charge in [-0.25, -0.2) is 0 Å². The van der Waals surface area contributed by atoms with Crippen molar-refractivity contribution in [3.05, 3.63) is 33.3 Å². The maximum atomic E-state index is 12.7. The van der Waals surface area contributed by atoms with E-state index < -0.39 is 5.41 Å². The smallest absolute Gasteiger partial charge is 0.233 e. The van der Waals surface area contributed by atoms with Crippen LogP contribution < -0.4 is 5.73 Å². The molecular weight excluding hydrogens is 283 g/mol. The monoisotopic (exact) mass is 298 g/mol. The van der Waals surface area contributed by atoms with Gasteiger partial charge in [0.2, 0.25) is 5.91 Å². The highest BCUT2D eigenvalue weighted by molar-refractivity contribution is 6.42. The number of benzene rings is 1. The molecule has 0 unspecified atom stereocenters. The number of amides is 1. The van der Waals surface area contributed by atoms with Crippen LogP contribution in [0, 0.1) is 0 Å². The van der Waals surface area contributed by atoms with E-state index in [1.54, 1.807) is 0 Å². The first-order valence-electron chi connectivity index (χ1n) is 6.51. The molecule has 1 amide bonds. The summed E-state index contributed by atoms with van der Waals surface area (Å²) in [4.78, 5) is 14.5. The number of likely N-dealkylation sites (N-methyl/N-ethyl adjacent to an activating group) is 1. The minimum absolute atomic E-state index is 0.100. The second-order valence-corrected chi connectivity index (χ2v) is 6.31. The van der Waals surface area contributed by atoms with E-state index in [1.807, 2.05) is 24.0 Å². The lowest BCUT2D eigenvalue weighted by atomic mass is 9.58. The van der Waals surface area contributed by atoms with E-state index in [-0.39, 0.29) is 11.9 Å². The molecule has 1 spiro atoms. The molecule has 1 aliphatic heterocycles. The lowest BCUT2D eigenvalue weighted by Gasteiger charge is -2.51. The van der Waals surface area contributed by atoms with Crippen molar-refractivity contribution in [2.75, 3.05) is 6.54 Å². The van der Waals surface area contributed by atoms with Crippen molar-refractivity contribution < 1.29 is 4.79 Å². The first-order chi connectivity index (χ1) is 8.98. The molecule has 1 aromatic rings. The van der Waals surface area contributed by atoms with Gasteiger partial charge in [0.15, 0.2) is 0 Å². The van der Waals surface area contributed by atoms with Crippen LogP contribution in [0.1, 0.15) is 30.9 Å². The van der Waals surface area contributed by atoms with E-state index in [0.717, 1.165) is 11.1 Å². The second-order valence-electron chi connectivity index (χ2n) is 5.49. The van der Waals surface area contributed by atoms with Crippen molar-refractivity contribution in [2.45, 2.75) is 37.8 Å². The van der Waals surface area contributed by atoms with Crippen LogP contribution in [0.5, 0.6) is 0 Å². The average Bonchev–Trinajstić information content (AvgIpc) is 2.34. The van der Waals surface area contributed by atoms with Gasteiger partial charge >= 0.3 is 0 Å². The van der Waals surface area contributed by atoms with Crippen LogP contribution in [0.3, 0.4) is 0 Å². The number of carbonyl (C=O) groups is 1. The Hall–Kier alpha value is -0.770. The molecular formula is C14H16Cl2N2O. The lowest BCUT2D eigenvalue weighted by Crippen LogP contribution is -2.61. The number of carbonyl (C=O) groups excluding carboxylic acids is 1. The molecule has 1 heterocycles. The van der Waals surface area contributed by atoms with Crippen molar-refractivity contribution in [2.24, 2.45) is 5.73 Å². The van der Waals surface area contributed by atoms with E-state index in [1.165, 1.54) is 0 Å². The largest absolute Gasteiger partial charge is 0.338 e. The molecule has 19 heavy (non-hydrogen) atoms. The van der Waals surface area contributed by atoms with Crippen molar-refractivity contribution in [3.8, 4) is 0 Å². The zero-order chi connectivity index (χ0) is 13.8. The Bertz CT molecular complexity index is 553. The van der Waals surface area contributed by atoms with Gasteiger partial charge in [-0.05, 0) is 43.0 Å². The molecule has 0 saturated heterocycles. The predicted molar refractivity (Wildman–Crippen MR) is 76.4 cm³/mol. The number of hydrogen-bond acceptors (Lipinski definition) is 2. The molecule has 0 bridgehead atoms. The van der Waals surface area contributed by atoms with Crippen LogP contribution in [0.2, 0.25) is 10.0 Å². The van der Waals surface area contributed by atoms with Gasteiger partial charge in [-0.3, -0.25) is 4.79 Å². The van der Waals surface area contributed by atoms with Gasteiger partial charge in [-0.15, -0.1) is 0 Å². The van der Waals surface area contributed by atoms with Gasteiger partial charge in [-0.2, -0.15) is 0 Å². The Balaban J connectivity index is 2.15. The zero-order valence-electron chi connectivity index (χ0n) is 10.7. The number of nitrogens with two attached hydrogens (primary N) is 1. The third-order valence-electron chi connectivity index (χ3n) is 4.32. The second kappa shape index (κ2) is 4.37. The Kier molecular flexibility index (Phi) is 3.04. The van der Waals surface area contributed by atoms with Gasteiger partial charge in [0.25, 0.3) is 0 Å². The highest BCUT2D eigenvalue weighted by atomic mass is 35.5. The highest BCUT2D eigenvalue weighted by Gasteiger charge is 2.54. The summed E-state index contributed by atoms with van der Waals surface area (Å²) in [5.74, 6) is 0.183. The summed E-state index contributed by atoms with van der Waals surface area (Å²) < 4.78 is 0. The van der Waals surface area contributed by atoms with E-state index in [2.05, 4.69) is 0 Å². The van der Waals surface area contributed by atoms with Gasteiger partial charge in [0.05, 0.1) is 15.5 Å². The third-order valence-corrected chi connectivity index (χ3v) is 5.04. The van der Waals surface area contributed by atoms with E-state index >= 15 is 0 Å². The highest BCUT2D eigenvalue weighted by Crippen LogP contribution is 2.49. The number of nitrogens with zero attached hydrogens (tertiary/aromatic N) is 1. The van der Waals surface area contributed by atoms with E-state index in [9.17, 15) is 4.79 Å². The summed E-state index contributed by atoms with van der Waals surface area (Å²) in [6.45, 7) is 3.31. The average molecular weight is 299 g/mol. The summed E-state index contributed by atoms with van der Waals surface area (Å²) in [6.07, 6.45) is 1.40. The van der Waals surface area contributed by atoms with E-state index in [0.29, 0.717) is 36.0 Å². The summed E-state index contributed by atoms with van der Waals surface area (Å²) in [5.41, 5.74) is 7.59. The van der Waals surface area contributed by atoms with Gasteiger partial charge in [0, 0.05) is 19.1 Å². The maximum Gasteiger partial charge on any atom is 0.233 e.